The van der Waals surface area contributed by atoms with Crippen LogP contribution >= 0.6 is 15.9 Å². The number of halogens is 1. The van der Waals surface area contributed by atoms with E-state index in [4.69, 9.17) is 4.74 Å². The van der Waals surface area contributed by atoms with Crippen LogP contribution in [0.2, 0.25) is 0 Å². The number of ether oxygens (including phenoxy) is 1. The molecule has 2 atom stereocenters. The van der Waals surface area contributed by atoms with Crippen LogP contribution in [0.25, 0.3) is 0 Å². The van der Waals surface area contributed by atoms with E-state index in [0.29, 0.717) is 35.3 Å². The number of nitrogens with zero attached hydrogens (tertiary/aromatic N) is 1. The average molecular weight is 601 g/mol. The summed E-state index contributed by atoms with van der Waals surface area (Å²) in [5, 5.41) is 2.75. The molecule has 0 unspecified atom stereocenters. The van der Waals surface area contributed by atoms with Crippen molar-refractivity contribution in [2.45, 2.75) is 19.8 Å². The normalized spacial score (nSPS) is 18.1. The number of rotatable bonds is 7. The Hall–Kier alpha value is -4.37. The Kier molecular flexibility index (Phi) is 7.75. The van der Waals surface area contributed by atoms with Gasteiger partial charge in [-0.2, -0.15) is 0 Å². The van der Waals surface area contributed by atoms with Crippen molar-refractivity contribution < 1.29 is 28.7 Å². The first-order valence-electron chi connectivity index (χ1n) is 12.7. The van der Waals surface area contributed by atoms with E-state index in [0.717, 1.165) is 10.0 Å². The van der Waals surface area contributed by atoms with Crippen LogP contribution in [-0.4, -0.2) is 36.1 Å². The highest BCUT2D eigenvalue weighted by Crippen LogP contribution is 2.39. The highest BCUT2D eigenvalue weighted by molar-refractivity contribution is 9.10. The summed E-state index contributed by atoms with van der Waals surface area (Å²) in [4.78, 5) is 64.4. The molecule has 0 bridgehead atoms. The summed E-state index contributed by atoms with van der Waals surface area (Å²) in [7, 11) is 0. The number of nitrogens with one attached hydrogen (secondary N) is 1. The van der Waals surface area contributed by atoms with Crippen molar-refractivity contribution in [2.24, 2.45) is 11.8 Å². The third-order valence-corrected chi connectivity index (χ3v) is 7.62. The number of allylic oxidation sites excluding steroid dienone is 2. The van der Waals surface area contributed by atoms with Gasteiger partial charge >= 0.3 is 5.97 Å². The maximum absolute atomic E-state index is 12.9. The van der Waals surface area contributed by atoms with Crippen molar-refractivity contribution in [3.63, 3.8) is 0 Å². The maximum Gasteiger partial charge on any atom is 0.338 e. The number of esters is 1. The van der Waals surface area contributed by atoms with Gasteiger partial charge in [0.2, 0.25) is 11.8 Å². The number of carbonyl (C=O) groups excluding carboxylic acids is 5. The molecule has 1 saturated heterocycles. The molecule has 1 fully saturated rings. The molecule has 5 rings (SSSR count). The summed E-state index contributed by atoms with van der Waals surface area (Å²) in [6, 6.07) is 19.1. The molecule has 0 radical (unpaired) electrons. The molecule has 1 heterocycles. The molecule has 9 heteroatoms. The molecule has 2 aliphatic rings. The molecule has 1 aliphatic carbocycles. The molecular formula is C31H25BrN2O6. The van der Waals surface area contributed by atoms with Crippen molar-refractivity contribution in [1.82, 2.24) is 0 Å². The van der Waals surface area contributed by atoms with Crippen LogP contribution in [0, 0.1) is 11.8 Å². The van der Waals surface area contributed by atoms with Gasteiger partial charge < -0.3 is 10.1 Å². The number of carbonyl (C=O) groups is 5. The third kappa shape index (κ3) is 5.65. The Morgan fingerprint density at radius 3 is 2.12 bits per heavy atom. The molecule has 3 aromatic rings. The summed E-state index contributed by atoms with van der Waals surface area (Å²) >= 11 is 3.30. The minimum Gasteiger partial charge on any atom is -0.454 e. The second kappa shape index (κ2) is 11.4. The number of imide groups is 1. The summed E-state index contributed by atoms with van der Waals surface area (Å²) in [6.45, 7) is 1.58. The van der Waals surface area contributed by atoms with Crippen LogP contribution in [0.4, 0.5) is 11.4 Å². The highest BCUT2D eigenvalue weighted by atomic mass is 79.9. The first kappa shape index (κ1) is 27.2. The van der Waals surface area contributed by atoms with Gasteiger partial charge in [-0.1, -0.05) is 39.7 Å². The lowest BCUT2D eigenvalue weighted by Crippen LogP contribution is -2.30. The van der Waals surface area contributed by atoms with E-state index in [1.165, 1.54) is 17.0 Å². The van der Waals surface area contributed by atoms with Gasteiger partial charge in [0.25, 0.3) is 5.91 Å². The van der Waals surface area contributed by atoms with E-state index in [1.807, 2.05) is 13.0 Å². The number of amides is 3. The van der Waals surface area contributed by atoms with E-state index < -0.39 is 11.9 Å². The lowest BCUT2D eigenvalue weighted by molar-refractivity contribution is -0.122. The molecular weight excluding hydrogens is 576 g/mol. The van der Waals surface area contributed by atoms with Crippen LogP contribution < -0.4 is 10.2 Å². The zero-order valence-corrected chi connectivity index (χ0v) is 23.1. The minimum atomic E-state index is -0.657. The van der Waals surface area contributed by atoms with Gasteiger partial charge in [0.05, 0.1) is 23.1 Å². The van der Waals surface area contributed by atoms with Crippen LogP contribution in [0.3, 0.4) is 0 Å². The minimum absolute atomic E-state index is 0.198. The largest absolute Gasteiger partial charge is 0.454 e. The van der Waals surface area contributed by atoms with Gasteiger partial charge in [0.1, 0.15) is 0 Å². The molecule has 1 aliphatic heterocycles. The van der Waals surface area contributed by atoms with Gasteiger partial charge in [-0.3, -0.25) is 24.1 Å². The molecule has 8 nitrogen and oxygen atoms in total. The lowest BCUT2D eigenvalue weighted by atomic mass is 9.82. The summed E-state index contributed by atoms with van der Waals surface area (Å²) in [5.41, 5.74) is 3.03. The molecule has 3 aromatic carbocycles. The van der Waals surface area contributed by atoms with Gasteiger partial charge in [0.15, 0.2) is 12.4 Å². The zero-order valence-electron chi connectivity index (χ0n) is 21.6. The maximum atomic E-state index is 12.9. The second-order valence-electron chi connectivity index (χ2n) is 9.80. The Labute approximate surface area is 239 Å². The average Bonchev–Trinajstić information content (AvgIpc) is 3.20. The van der Waals surface area contributed by atoms with Gasteiger partial charge in [-0.05, 0) is 80.4 Å². The highest BCUT2D eigenvalue weighted by Gasteiger charge is 2.48. The van der Waals surface area contributed by atoms with Crippen LogP contribution in [0.1, 0.15) is 50.8 Å². The van der Waals surface area contributed by atoms with Gasteiger partial charge in [-0.25, -0.2) is 4.79 Å². The van der Waals surface area contributed by atoms with E-state index >= 15 is 0 Å². The number of hydrogen-bond donors (Lipinski definition) is 1. The second-order valence-corrected chi connectivity index (χ2v) is 10.7. The van der Waals surface area contributed by atoms with Gasteiger partial charge in [-0.15, -0.1) is 0 Å². The van der Waals surface area contributed by atoms with E-state index in [2.05, 4.69) is 21.2 Å². The Bertz CT molecular complexity index is 1530. The van der Waals surface area contributed by atoms with Crippen molar-refractivity contribution >= 4 is 56.8 Å². The molecule has 202 valence electrons. The predicted octanol–water partition coefficient (Wildman–Crippen LogP) is 5.59. The van der Waals surface area contributed by atoms with Crippen LogP contribution in [0.5, 0.6) is 0 Å². The van der Waals surface area contributed by atoms with Crippen LogP contribution in [-0.2, 0) is 14.3 Å². The van der Waals surface area contributed by atoms with E-state index in [1.54, 1.807) is 60.7 Å². The van der Waals surface area contributed by atoms with E-state index in [-0.39, 0.29) is 41.6 Å². The quantitative estimate of drug-likeness (QED) is 0.164. The van der Waals surface area contributed by atoms with Crippen molar-refractivity contribution in [1.29, 1.82) is 0 Å². The zero-order chi connectivity index (χ0) is 28.4. The Morgan fingerprint density at radius 1 is 0.850 bits per heavy atom. The lowest BCUT2D eigenvalue weighted by Gasteiger charge is -2.18. The number of benzene rings is 3. The monoisotopic (exact) mass is 600 g/mol. The fourth-order valence-corrected chi connectivity index (χ4v) is 5.14. The van der Waals surface area contributed by atoms with E-state index in [9.17, 15) is 24.0 Å². The van der Waals surface area contributed by atoms with Crippen molar-refractivity contribution in [3.8, 4) is 0 Å². The SMILES string of the molecule is CC1=CC[C@H]2C(=O)N(c3ccc(C(=O)Nc4ccc(C(=O)OCC(=O)c5ccc(Br)cc5)cc4)cc3)C(=O)[C@@H]2C1. The molecule has 40 heavy (non-hydrogen) atoms. The van der Waals surface area contributed by atoms with Crippen LogP contribution in [0.15, 0.2) is 88.9 Å². The Balaban J connectivity index is 1.16. The molecule has 0 aromatic heterocycles. The summed E-state index contributed by atoms with van der Waals surface area (Å²) in [5.74, 6) is -2.42. The number of ketones is 1. The number of fused-ring (bicyclic) bond motifs is 1. The standard InChI is InChI=1S/C31H25BrN2O6/c1-18-2-15-25-26(16-18)30(38)34(29(25)37)24-13-7-20(8-14-24)28(36)33-23-11-5-21(6-12-23)31(39)40-17-27(35)19-3-9-22(32)10-4-19/h2-14,25-26H,15-17H2,1H3,(H,33,36)/t25-,26-/m1/s1. The fraction of sp³-hybridized carbons (Fsp3) is 0.194. The van der Waals surface area contributed by atoms with Crippen molar-refractivity contribution in [3.05, 3.63) is 106 Å². The summed E-state index contributed by atoms with van der Waals surface area (Å²) in [6.07, 6.45) is 3.18. The summed E-state index contributed by atoms with van der Waals surface area (Å²) < 4.78 is 5.97. The smallest absolute Gasteiger partial charge is 0.338 e. The molecule has 1 N–H and O–H groups in total. The molecule has 3 amide bonds. The van der Waals surface area contributed by atoms with Gasteiger partial charge in [0, 0.05) is 21.3 Å². The topological polar surface area (TPSA) is 110 Å². The number of Topliss-reactive ketones (excluding diaryl/α,β-unsaturated/α-hetero) is 1. The number of hydrogen-bond acceptors (Lipinski definition) is 6. The Morgan fingerprint density at radius 2 is 1.45 bits per heavy atom. The first-order chi connectivity index (χ1) is 19.2. The fourth-order valence-electron chi connectivity index (χ4n) is 4.88. The predicted molar refractivity (Wildman–Crippen MR) is 152 cm³/mol. The molecule has 0 spiro atoms. The number of anilines is 2. The first-order valence-corrected chi connectivity index (χ1v) is 13.5. The van der Waals surface area contributed by atoms with Crippen molar-refractivity contribution in [2.75, 3.05) is 16.8 Å². The molecule has 0 saturated carbocycles. The third-order valence-electron chi connectivity index (χ3n) is 7.09.